The lowest BCUT2D eigenvalue weighted by Crippen LogP contribution is -2.06. The summed E-state index contributed by atoms with van der Waals surface area (Å²) in [6.07, 6.45) is 0. The van der Waals surface area contributed by atoms with Crippen molar-refractivity contribution in [3.8, 4) is 11.5 Å². The van der Waals surface area contributed by atoms with Gasteiger partial charge < -0.3 is 10.2 Å². The molecule has 2 rings (SSSR count). The first kappa shape index (κ1) is 10.4. The van der Waals surface area contributed by atoms with E-state index in [2.05, 4.69) is 5.43 Å². The molecule has 0 radical (unpaired) electrons. The average molecular weight is 218 g/mol. The first-order chi connectivity index (χ1) is 7.79. The van der Waals surface area contributed by atoms with Gasteiger partial charge in [0.15, 0.2) is 11.6 Å². The highest BCUT2D eigenvalue weighted by atomic mass is 19.1. The first-order valence-electron chi connectivity index (χ1n) is 4.78. The molecule has 0 aliphatic rings. The van der Waals surface area contributed by atoms with Crippen LogP contribution in [0.4, 0.5) is 10.1 Å². The van der Waals surface area contributed by atoms with Crippen LogP contribution >= 0.6 is 0 Å². The molecule has 3 N–H and O–H groups in total. The number of hydrogen-bond donors (Lipinski definition) is 2. The van der Waals surface area contributed by atoms with Gasteiger partial charge in [0.2, 0.25) is 0 Å². The molecule has 0 saturated carbocycles. The molecule has 0 aliphatic heterocycles. The Balaban J connectivity index is 2.22. The normalized spacial score (nSPS) is 9.88. The van der Waals surface area contributed by atoms with E-state index in [1.54, 1.807) is 18.2 Å². The minimum absolute atomic E-state index is 0.171. The zero-order chi connectivity index (χ0) is 11.4. The molecular formula is C12H11FN2O. The van der Waals surface area contributed by atoms with Gasteiger partial charge in [-0.3, -0.25) is 5.84 Å². The Kier molecular flexibility index (Phi) is 3.03. The molecule has 2 aromatic carbocycles. The van der Waals surface area contributed by atoms with Gasteiger partial charge in [0.05, 0.1) is 5.69 Å². The van der Waals surface area contributed by atoms with Gasteiger partial charge >= 0.3 is 0 Å². The second kappa shape index (κ2) is 4.63. The molecule has 0 saturated heterocycles. The van der Waals surface area contributed by atoms with Crippen molar-refractivity contribution in [3.63, 3.8) is 0 Å². The van der Waals surface area contributed by atoms with E-state index in [9.17, 15) is 4.39 Å². The van der Waals surface area contributed by atoms with Crippen LogP contribution in [-0.4, -0.2) is 0 Å². The standard InChI is InChI=1S/C12H11FN2O/c13-11-8-9(15-14)6-7-12(11)16-10-4-2-1-3-5-10/h1-8,15H,14H2. The van der Waals surface area contributed by atoms with Gasteiger partial charge in [-0.05, 0) is 24.3 Å². The molecule has 16 heavy (non-hydrogen) atoms. The van der Waals surface area contributed by atoms with Gasteiger partial charge in [0.25, 0.3) is 0 Å². The van der Waals surface area contributed by atoms with Crippen molar-refractivity contribution in [3.05, 3.63) is 54.3 Å². The van der Waals surface area contributed by atoms with Crippen LogP contribution in [0.25, 0.3) is 0 Å². The Hall–Kier alpha value is -2.07. The summed E-state index contributed by atoms with van der Waals surface area (Å²) >= 11 is 0. The fourth-order valence-corrected chi connectivity index (χ4v) is 1.29. The Morgan fingerprint density at radius 1 is 1.06 bits per heavy atom. The Labute approximate surface area is 92.6 Å². The van der Waals surface area contributed by atoms with E-state index < -0.39 is 5.82 Å². The number of nitrogens with two attached hydrogens (primary N) is 1. The van der Waals surface area contributed by atoms with Crippen molar-refractivity contribution in [1.29, 1.82) is 0 Å². The number of nitrogen functional groups attached to an aromatic ring is 1. The van der Waals surface area contributed by atoms with E-state index in [0.717, 1.165) is 0 Å². The minimum Gasteiger partial charge on any atom is -0.454 e. The van der Waals surface area contributed by atoms with Crippen molar-refractivity contribution in [2.24, 2.45) is 5.84 Å². The number of hydrazine groups is 1. The Morgan fingerprint density at radius 2 is 1.81 bits per heavy atom. The summed E-state index contributed by atoms with van der Waals surface area (Å²) in [5.74, 6) is 5.47. The van der Waals surface area contributed by atoms with Crippen LogP contribution in [0.1, 0.15) is 0 Å². The highest BCUT2D eigenvalue weighted by Crippen LogP contribution is 2.25. The lowest BCUT2D eigenvalue weighted by Gasteiger charge is -2.07. The number of benzene rings is 2. The molecule has 0 amide bonds. The molecule has 0 atom stereocenters. The SMILES string of the molecule is NNc1ccc(Oc2ccccc2)c(F)c1. The summed E-state index contributed by atoms with van der Waals surface area (Å²) in [4.78, 5) is 0. The first-order valence-corrected chi connectivity index (χ1v) is 4.78. The van der Waals surface area contributed by atoms with Crippen LogP contribution in [0.2, 0.25) is 0 Å². The molecular weight excluding hydrogens is 207 g/mol. The monoisotopic (exact) mass is 218 g/mol. The Morgan fingerprint density at radius 3 is 2.44 bits per heavy atom. The third kappa shape index (κ3) is 2.29. The van der Waals surface area contributed by atoms with E-state index in [-0.39, 0.29) is 5.75 Å². The van der Waals surface area contributed by atoms with E-state index in [1.165, 1.54) is 12.1 Å². The van der Waals surface area contributed by atoms with Crippen molar-refractivity contribution in [2.45, 2.75) is 0 Å². The van der Waals surface area contributed by atoms with Crippen molar-refractivity contribution < 1.29 is 9.13 Å². The third-order valence-electron chi connectivity index (χ3n) is 2.07. The third-order valence-corrected chi connectivity index (χ3v) is 2.07. The van der Waals surface area contributed by atoms with E-state index in [4.69, 9.17) is 10.6 Å². The van der Waals surface area contributed by atoms with Crippen molar-refractivity contribution in [1.82, 2.24) is 0 Å². The largest absolute Gasteiger partial charge is 0.454 e. The number of anilines is 1. The number of hydrogen-bond acceptors (Lipinski definition) is 3. The van der Waals surface area contributed by atoms with Gasteiger partial charge in [0.1, 0.15) is 5.75 Å². The van der Waals surface area contributed by atoms with Crippen LogP contribution in [0.15, 0.2) is 48.5 Å². The lowest BCUT2D eigenvalue weighted by atomic mass is 10.3. The number of para-hydroxylation sites is 1. The van der Waals surface area contributed by atoms with Gasteiger partial charge in [-0.1, -0.05) is 18.2 Å². The maximum absolute atomic E-state index is 13.5. The summed E-state index contributed by atoms with van der Waals surface area (Å²) in [5, 5.41) is 0. The van der Waals surface area contributed by atoms with E-state index in [1.807, 2.05) is 18.2 Å². The van der Waals surface area contributed by atoms with Gasteiger partial charge in [-0.25, -0.2) is 4.39 Å². The zero-order valence-corrected chi connectivity index (χ0v) is 8.48. The topological polar surface area (TPSA) is 47.3 Å². The highest BCUT2D eigenvalue weighted by molar-refractivity contribution is 5.47. The predicted octanol–water partition coefficient (Wildman–Crippen LogP) is 2.90. The van der Waals surface area contributed by atoms with E-state index >= 15 is 0 Å². The smallest absolute Gasteiger partial charge is 0.167 e. The average Bonchev–Trinajstić information content (AvgIpc) is 2.33. The number of nitrogens with one attached hydrogen (secondary N) is 1. The maximum atomic E-state index is 13.5. The van der Waals surface area contributed by atoms with Crippen LogP contribution < -0.4 is 16.0 Å². The van der Waals surface area contributed by atoms with E-state index in [0.29, 0.717) is 11.4 Å². The van der Waals surface area contributed by atoms with Gasteiger partial charge in [-0.2, -0.15) is 0 Å². The summed E-state index contributed by atoms with van der Waals surface area (Å²) in [7, 11) is 0. The molecule has 0 heterocycles. The molecule has 4 heteroatoms. The molecule has 0 aromatic heterocycles. The predicted molar refractivity (Wildman–Crippen MR) is 60.7 cm³/mol. The molecule has 0 bridgehead atoms. The summed E-state index contributed by atoms with van der Waals surface area (Å²) < 4.78 is 18.9. The fourth-order valence-electron chi connectivity index (χ4n) is 1.29. The summed E-state index contributed by atoms with van der Waals surface area (Å²) in [5.41, 5.74) is 2.86. The molecule has 0 spiro atoms. The van der Waals surface area contributed by atoms with Gasteiger partial charge in [0, 0.05) is 6.07 Å². The zero-order valence-electron chi connectivity index (χ0n) is 8.48. The maximum Gasteiger partial charge on any atom is 0.167 e. The molecule has 0 unspecified atom stereocenters. The number of halogens is 1. The van der Waals surface area contributed by atoms with Crippen molar-refractivity contribution in [2.75, 3.05) is 5.43 Å². The fraction of sp³-hybridized carbons (Fsp3) is 0. The highest BCUT2D eigenvalue weighted by Gasteiger charge is 2.05. The van der Waals surface area contributed by atoms with Crippen LogP contribution in [-0.2, 0) is 0 Å². The second-order valence-corrected chi connectivity index (χ2v) is 3.20. The number of rotatable bonds is 3. The summed E-state index contributed by atoms with van der Waals surface area (Å²) in [6.45, 7) is 0. The minimum atomic E-state index is -0.459. The molecule has 2 aromatic rings. The molecule has 0 fully saturated rings. The van der Waals surface area contributed by atoms with Crippen molar-refractivity contribution >= 4 is 5.69 Å². The van der Waals surface area contributed by atoms with Crippen LogP contribution in [0.5, 0.6) is 11.5 Å². The molecule has 82 valence electrons. The Bertz CT molecular complexity index is 474. The second-order valence-electron chi connectivity index (χ2n) is 3.20. The van der Waals surface area contributed by atoms with Gasteiger partial charge in [-0.15, -0.1) is 0 Å². The quantitative estimate of drug-likeness (QED) is 0.615. The number of ether oxygens (including phenoxy) is 1. The summed E-state index contributed by atoms with van der Waals surface area (Å²) in [6, 6.07) is 13.5. The van der Waals surface area contributed by atoms with Crippen LogP contribution in [0, 0.1) is 5.82 Å². The molecule has 0 aliphatic carbocycles. The molecule has 3 nitrogen and oxygen atoms in total. The lowest BCUT2D eigenvalue weighted by molar-refractivity contribution is 0.442. The van der Waals surface area contributed by atoms with Crippen LogP contribution in [0.3, 0.4) is 0 Å².